The summed E-state index contributed by atoms with van der Waals surface area (Å²) in [5.74, 6) is 1.32. The van der Waals surface area contributed by atoms with Gasteiger partial charge in [-0.15, -0.1) is 5.10 Å². The molecule has 0 fully saturated rings. The van der Waals surface area contributed by atoms with Crippen LogP contribution in [-0.2, 0) is 0 Å². The summed E-state index contributed by atoms with van der Waals surface area (Å²) in [4.78, 5) is 0. The molecule has 0 amide bonds. The number of benzene rings is 2. The Hall–Kier alpha value is -2.89. The van der Waals surface area contributed by atoms with Gasteiger partial charge in [0.25, 0.3) is 0 Å². The molecule has 0 atom stereocenters. The maximum Gasteiger partial charge on any atom is 0.187 e. The highest BCUT2D eigenvalue weighted by molar-refractivity contribution is 5.65. The smallest absolute Gasteiger partial charge is 0.187 e. The van der Waals surface area contributed by atoms with Gasteiger partial charge in [0.05, 0.1) is 7.11 Å². The lowest BCUT2D eigenvalue weighted by Gasteiger charge is -2.10. The molecule has 0 spiro atoms. The summed E-state index contributed by atoms with van der Waals surface area (Å²) in [6.07, 6.45) is 0. The van der Waals surface area contributed by atoms with Gasteiger partial charge in [-0.3, -0.25) is 0 Å². The number of para-hydroxylation sites is 2. The van der Waals surface area contributed by atoms with Gasteiger partial charge in [0.2, 0.25) is 0 Å². The van der Waals surface area contributed by atoms with Crippen molar-refractivity contribution in [1.82, 2.24) is 20.2 Å². The summed E-state index contributed by atoms with van der Waals surface area (Å²) in [5, 5.41) is 12.0. The predicted octanol–water partition coefficient (Wildman–Crippen LogP) is 2.23. The van der Waals surface area contributed by atoms with Gasteiger partial charge in [0, 0.05) is 11.3 Å². The zero-order valence-electron chi connectivity index (χ0n) is 11.8. The molecule has 0 aliphatic heterocycles. The number of aryl methyl sites for hydroxylation is 1. The zero-order valence-corrected chi connectivity index (χ0v) is 11.8. The Morgan fingerprint density at radius 2 is 1.95 bits per heavy atom. The minimum atomic E-state index is 0.620. The van der Waals surface area contributed by atoms with Crippen LogP contribution >= 0.6 is 0 Å². The van der Waals surface area contributed by atoms with Gasteiger partial charge in [-0.05, 0) is 53.2 Å². The van der Waals surface area contributed by atoms with E-state index < -0.39 is 0 Å². The number of hydrogen-bond donors (Lipinski definition) is 1. The first-order chi connectivity index (χ1) is 10.2. The normalized spacial score (nSPS) is 10.6. The lowest BCUT2D eigenvalue weighted by Crippen LogP contribution is -2.02. The summed E-state index contributed by atoms with van der Waals surface area (Å²) in [6, 6.07) is 13.3. The standard InChI is InChI=1S/C15H15N5O/c1-10-7-11(9-12(16)8-10)15-17-18-19-20(15)13-5-3-4-6-14(13)21-2/h3-9H,16H2,1-2H3. The highest BCUT2D eigenvalue weighted by Gasteiger charge is 2.14. The molecular weight excluding hydrogens is 266 g/mol. The Morgan fingerprint density at radius 1 is 1.14 bits per heavy atom. The monoisotopic (exact) mass is 281 g/mol. The van der Waals surface area contributed by atoms with Gasteiger partial charge < -0.3 is 10.5 Å². The fraction of sp³-hybridized carbons (Fsp3) is 0.133. The molecule has 0 aliphatic carbocycles. The molecule has 3 aromatic rings. The molecule has 1 heterocycles. The van der Waals surface area contributed by atoms with Crippen molar-refractivity contribution < 1.29 is 4.74 Å². The van der Waals surface area contributed by atoms with E-state index in [2.05, 4.69) is 15.5 Å². The largest absolute Gasteiger partial charge is 0.494 e. The van der Waals surface area contributed by atoms with E-state index in [0.29, 0.717) is 17.3 Å². The molecule has 6 heteroatoms. The summed E-state index contributed by atoms with van der Waals surface area (Å²) in [6.45, 7) is 1.98. The topological polar surface area (TPSA) is 78.8 Å². The third-order valence-electron chi connectivity index (χ3n) is 3.14. The van der Waals surface area contributed by atoms with E-state index in [0.717, 1.165) is 16.8 Å². The SMILES string of the molecule is COc1ccccc1-n1nnnc1-c1cc(C)cc(N)c1. The number of rotatable bonds is 3. The summed E-state index contributed by atoms with van der Waals surface area (Å²) in [5.41, 5.74) is 9.29. The number of nitrogens with two attached hydrogens (primary N) is 1. The van der Waals surface area contributed by atoms with Crippen LogP contribution in [0, 0.1) is 6.92 Å². The van der Waals surface area contributed by atoms with E-state index in [1.54, 1.807) is 11.8 Å². The first-order valence-corrected chi connectivity index (χ1v) is 6.48. The van der Waals surface area contributed by atoms with Crippen molar-refractivity contribution >= 4 is 5.69 Å². The molecule has 0 saturated heterocycles. The molecule has 2 aromatic carbocycles. The molecule has 0 unspecified atom stereocenters. The van der Waals surface area contributed by atoms with Crippen LogP contribution < -0.4 is 10.5 Å². The van der Waals surface area contributed by atoms with Crippen molar-refractivity contribution in [3.8, 4) is 22.8 Å². The third-order valence-corrected chi connectivity index (χ3v) is 3.14. The minimum absolute atomic E-state index is 0.620. The highest BCUT2D eigenvalue weighted by Crippen LogP contribution is 2.27. The van der Waals surface area contributed by atoms with Gasteiger partial charge >= 0.3 is 0 Å². The second-order valence-corrected chi connectivity index (χ2v) is 4.72. The number of hydrogen-bond acceptors (Lipinski definition) is 5. The highest BCUT2D eigenvalue weighted by atomic mass is 16.5. The Labute approximate surface area is 122 Å². The van der Waals surface area contributed by atoms with Crippen molar-refractivity contribution in [3.63, 3.8) is 0 Å². The predicted molar refractivity (Wildman–Crippen MR) is 80.3 cm³/mol. The fourth-order valence-corrected chi connectivity index (χ4v) is 2.28. The van der Waals surface area contributed by atoms with Crippen molar-refractivity contribution in [3.05, 3.63) is 48.0 Å². The zero-order chi connectivity index (χ0) is 14.8. The van der Waals surface area contributed by atoms with Crippen LogP contribution in [0.4, 0.5) is 5.69 Å². The third kappa shape index (κ3) is 2.43. The fourth-order valence-electron chi connectivity index (χ4n) is 2.28. The van der Waals surface area contributed by atoms with Gasteiger partial charge in [-0.2, -0.15) is 4.68 Å². The first-order valence-electron chi connectivity index (χ1n) is 6.48. The molecular formula is C15H15N5O. The molecule has 21 heavy (non-hydrogen) atoms. The molecule has 0 saturated carbocycles. The number of nitrogens with zero attached hydrogens (tertiary/aromatic N) is 4. The van der Waals surface area contributed by atoms with Gasteiger partial charge in [0.15, 0.2) is 5.82 Å². The summed E-state index contributed by atoms with van der Waals surface area (Å²) < 4.78 is 7.01. The lowest BCUT2D eigenvalue weighted by molar-refractivity contribution is 0.411. The van der Waals surface area contributed by atoms with Gasteiger partial charge in [0.1, 0.15) is 11.4 Å². The molecule has 0 bridgehead atoms. The molecule has 3 rings (SSSR count). The maximum absolute atomic E-state index is 5.91. The van der Waals surface area contributed by atoms with Crippen LogP contribution in [0.3, 0.4) is 0 Å². The Kier molecular flexibility index (Phi) is 3.27. The van der Waals surface area contributed by atoms with E-state index in [4.69, 9.17) is 10.5 Å². The number of ether oxygens (including phenoxy) is 1. The van der Waals surface area contributed by atoms with Crippen molar-refractivity contribution in [2.24, 2.45) is 0 Å². The van der Waals surface area contributed by atoms with Crippen LogP contribution in [0.25, 0.3) is 17.1 Å². The van der Waals surface area contributed by atoms with Crippen LogP contribution in [-0.4, -0.2) is 27.3 Å². The molecule has 6 nitrogen and oxygen atoms in total. The van der Waals surface area contributed by atoms with Crippen LogP contribution in [0.2, 0.25) is 0 Å². The average molecular weight is 281 g/mol. The summed E-state index contributed by atoms with van der Waals surface area (Å²) in [7, 11) is 1.62. The van der Waals surface area contributed by atoms with Crippen molar-refractivity contribution in [2.45, 2.75) is 6.92 Å². The maximum atomic E-state index is 5.91. The van der Waals surface area contributed by atoms with Crippen molar-refractivity contribution in [2.75, 3.05) is 12.8 Å². The number of methoxy groups -OCH3 is 1. The van der Waals surface area contributed by atoms with Gasteiger partial charge in [-0.1, -0.05) is 12.1 Å². The molecule has 0 aliphatic rings. The number of aromatic nitrogens is 4. The number of nitrogen functional groups attached to an aromatic ring is 1. The van der Waals surface area contributed by atoms with E-state index >= 15 is 0 Å². The molecule has 106 valence electrons. The average Bonchev–Trinajstić information content (AvgIpc) is 2.95. The Bertz CT molecular complexity index is 761. The molecule has 2 N–H and O–H groups in total. The van der Waals surface area contributed by atoms with E-state index in [9.17, 15) is 0 Å². The second-order valence-electron chi connectivity index (χ2n) is 4.72. The molecule has 0 radical (unpaired) electrons. The second kappa shape index (κ2) is 5.24. The van der Waals surface area contributed by atoms with E-state index in [1.165, 1.54) is 0 Å². The van der Waals surface area contributed by atoms with Crippen LogP contribution in [0.15, 0.2) is 42.5 Å². The number of tetrazole rings is 1. The Balaban J connectivity index is 2.17. The lowest BCUT2D eigenvalue weighted by atomic mass is 10.1. The van der Waals surface area contributed by atoms with Crippen LogP contribution in [0.1, 0.15) is 5.56 Å². The first kappa shape index (κ1) is 13.1. The quantitative estimate of drug-likeness (QED) is 0.745. The number of anilines is 1. The van der Waals surface area contributed by atoms with E-state index in [1.807, 2.05) is 49.4 Å². The molecule has 1 aromatic heterocycles. The van der Waals surface area contributed by atoms with E-state index in [-0.39, 0.29) is 0 Å². The van der Waals surface area contributed by atoms with Crippen molar-refractivity contribution in [1.29, 1.82) is 0 Å². The Morgan fingerprint density at radius 3 is 2.71 bits per heavy atom. The van der Waals surface area contributed by atoms with Crippen LogP contribution in [0.5, 0.6) is 5.75 Å². The van der Waals surface area contributed by atoms with Gasteiger partial charge in [-0.25, -0.2) is 0 Å². The summed E-state index contributed by atoms with van der Waals surface area (Å²) >= 11 is 0. The minimum Gasteiger partial charge on any atom is -0.494 e.